The predicted molar refractivity (Wildman–Crippen MR) is 67.9 cm³/mol. The zero-order chi connectivity index (χ0) is 12.5. The van der Waals surface area contributed by atoms with Gasteiger partial charge < -0.3 is 15.6 Å². The molecule has 1 aromatic rings. The van der Waals surface area contributed by atoms with Crippen molar-refractivity contribution in [1.82, 2.24) is 9.88 Å². The van der Waals surface area contributed by atoms with Crippen LogP contribution in [0.3, 0.4) is 0 Å². The van der Waals surface area contributed by atoms with Crippen molar-refractivity contribution >= 4 is 5.91 Å². The lowest BCUT2D eigenvalue weighted by Crippen LogP contribution is -2.52. The normalized spacial score (nSPS) is 18.3. The summed E-state index contributed by atoms with van der Waals surface area (Å²) in [6.07, 6.45) is 4.31. The molecule has 4 heteroatoms. The Morgan fingerprint density at radius 1 is 1.47 bits per heavy atom. The predicted octanol–water partition coefficient (Wildman–Crippen LogP) is 1.33. The average Bonchev–Trinajstić information content (AvgIpc) is 2.89. The highest BCUT2D eigenvalue weighted by Gasteiger charge is 2.34. The lowest BCUT2D eigenvalue weighted by atomic mass is 9.97. The van der Waals surface area contributed by atoms with Crippen molar-refractivity contribution in [2.45, 2.75) is 38.1 Å². The number of nitrogens with two attached hydrogens (primary N) is 1. The van der Waals surface area contributed by atoms with E-state index < -0.39 is 0 Å². The van der Waals surface area contributed by atoms with Gasteiger partial charge in [0.2, 0.25) is 0 Å². The second-order valence-electron chi connectivity index (χ2n) is 5.06. The molecule has 2 rings (SSSR count). The molecule has 1 fully saturated rings. The van der Waals surface area contributed by atoms with E-state index in [9.17, 15) is 4.79 Å². The van der Waals surface area contributed by atoms with Crippen LogP contribution in [0.4, 0.5) is 0 Å². The molecule has 0 saturated heterocycles. The van der Waals surface area contributed by atoms with Gasteiger partial charge in [0.15, 0.2) is 0 Å². The van der Waals surface area contributed by atoms with Gasteiger partial charge in [-0.1, -0.05) is 12.8 Å². The van der Waals surface area contributed by atoms with Crippen molar-refractivity contribution in [2.75, 3.05) is 6.54 Å². The van der Waals surface area contributed by atoms with Crippen LogP contribution in [-0.2, 0) is 7.05 Å². The summed E-state index contributed by atoms with van der Waals surface area (Å²) in [6, 6.07) is 3.82. The molecule has 0 atom stereocenters. The van der Waals surface area contributed by atoms with Crippen LogP contribution in [0, 0.1) is 6.92 Å². The molecule has 1 aromatic heterocycles. The number of nitrogens with one attached hydrogen (secondary N) is 1. The van der Waals surface area contributed by atoms with Crippen LogP contribution in [0.2, 0.25) is 0 Å². The minimum Gasteiger partial charge on any atom is -0.344 e. The Kier molecular flexibility index (Phi) is 3.24. The van der Waals surface area contributed by atoms with Gasteiger partial charge >= 0.3 is 0 Å². The molecule has 0 bridgehead atoms. The SMILES string of the molecule is Cc1ccc(C(=O)NC2(CN)CCCC2)n1C. The molecule has 1 aliphatic rings. The fourth-order valence-electron chi connectivity index (χ4n) is 2.58. The van der Waals surface area contributed by atoms with E-state index in [0.717, 1.165) is 31.4 Å². The molecular formula is C13H21N3O. The number of carbonyl (C=O) groups excluding carboxylic acids is 1. The first-order valence-electron chi connectivity index (χ1n) is 6.23. The molecule has 0 aliphatic heterocycles. The maximum absolute atomic E-state index is 12.2. The molecule has 0 radical (unpaired) electrons. The largest absolute Gasteiger partial charge is 0.344 e. The van der Waals surface area contributed by atoms with E-state index in [1.165, 1.54) is 0 Å². The van der Waals surface area contributed by atoms with Crippen LogP contribution in [0.5, 0.6) is 0 Å². The van der Waals surface area contributed by atoms with Crippen molar-refractivity contribution in [3.63, 3.8) is 0 Å². The summed E-state index contributed by atoms with van der Waals surface area (Å²) in [7, 11) is 1.91. The van der Waals surface area contributed by atoms with E-state index in [4.69, 9.17) is 5.73 Å². The summed E-state index contributed by atoms with van der Waals surface area (Å²) in [5.41, 5.74) is 7.44. The Morgan fingerprint density at radius 2 is 2.12 bits per heavy atom. The van der Waals surface area contributed by atoms with Gasteiger partial charge in [-0.05, 0) is 31.9 Å². The molecule has 0 aromatic carbocycles. The van der Waals surface area contributed by atoms with E-state index in [0.29, 0.717) is 12.2 Å². The smallest absolute Gasteiger partial charge is 0.268 e. The first kappa shape index (κ1) is 12.2. The first-order valence-corrected chi connectivity index (χ1v) is 6.23. The number of carbonyl (C=O) groups is 1. The lowest BCUT2D eigenvalue weighted by Gasteiger charge is -2.28. The standard InChI is InChI=1S/C13H21N3O/c1-10-5-6-11(16(10)2)12(17)15-13(9-14)7-3-4-8-13/h5-6H,3-4,7-9,14H2,1-2H3,(H,15,17). The highest BCUT2D eigenvalue weighted by molar-refractivity contribution is 5.93. The summed E-state index contributed by atoms with van der Waals surface area (Å²) in [5.74, 6) is -0.00653. The highest BCUT2D eigenvalue weighted by Crippen LogP contribution is 2.28. The maximum atomic E-state index is 12.2. The van der Waals surface area contributed by atoms with Crippen molar-refractivity contribution in [3.8, 4) is 0 Å². The van der Waals surface area contributed by atoms with Crippen molar-refractivity contribution in [1.29, 1.82) is 0 Å². The van der Waals surface area contributed by atoms with Crippen LogP contribution in [0.1, 0.15) is 41.9 Å². The molecule has 0 spiro atoms. The molecule has 94 valence electrons. The van der Waals surface area contributed by atoms with Gasteiger partial charge in [0, 0.05) is 19.3 Å². The summed E-state index contributed by atoms with van der Waals surface area (Å²) in [4.78, 5) is 12.2. The Balaban J connectivity index is 2.13. The van der Waals surface area contributed by atoms with E-state index in [1.807, 2.05) is 30.7 Å². The van der Waals surface area contributed by atoms with Gasteiger partial charge in [0.25, 0.3) is 5.91 Å². The van der Waals surface area contributed by atoms with Crippen LogP contribution in [-0.4, -0.2) is 22.6 Å². The summed E-state index contributed by atoms with van der Waals surface area (Å²) in [5, 5.41) is 3.13. The zero-order valence-corrected chi connectivity index (χ0v) is 10.6. The quantitative estimate of drug-likeness (QED) is 0.830. The van der Waals surface area contributed by atoms with Crippen LogP contribution < -0.4 is 11.1 Å². The molecule has 1 saturated carbocycles. The van der Waals surface area contributed by atoms with E-state index in [1.54, 1.807) is 0 Å². The number of amides is 1. The fourth-order valence-corrected chi connectivity index (χ4v) is 2.58. The maximum Gasteiger partial charge on any atom is 0.268 e. The Bertz CT molecular complexity index is 416. The second-order valence-corrected chi connectivity index (χ2v) is 5.06. The third-order valence-electron chi connectivity index (χ3n) is 3.94. The van der Waals surface area contributed by atoms with Gasteiger partial charge in [0.05, 0.1) is 5.54 Å². The van der Waals surface area contributed by atoms with E-state index in [-0.39, 0.29) is 11.4 Å². The number of aromatic nitrogens is 1. The van der Waals surface area contributed by atoms with E-state index >= 15 is 0 Å². The van der Waals surface area contributed by atoms with Crippen molar-refractivity contribution in [3.05, 3.63) is 23.5 Å². The van der Waals surface area contributed by atoms with Gasteiger partial charge in [0.1, 0.15) is 5.69 Å². The van der Waals surface area contributed by atoms with Crippen LogP contribution >= 0.6 is 0 Å². The number of hydrogen-bond donors (Lipinski definition) is 2. The highest BCUT2D eigenvalue weighted by atomic mass is 16.2. The van der Waals surface area contributed by atoms with Crippen LogP contribution in [0.15, 0.2) is 12.1 Å². The van der Waals surface area contributed by atoms with Gasteiger partial charge in [-0.2, -0.15) is 0 Å². The van der Waals surface area contributed by atoms with Gasteiger partial charge in [-0.15, -0.1) is 0 Å². The van der Waals surface area contributed by atoms with Crippen LogP contribution in [0.25, 0.3) is 0 Å². The Labute approximate surface area is 102 Å². The number of aryl methyl sites for hydroxylation is 1. The summed E-state index contributed by atoms with van der Waals surface area (Å²) in [6.45, 7) is 2.52. The third kappa shape index (κ3) is 2.22. The zero-order valence-electron chi connectivity index (χ0n) is 10.6. The first-order chi connectivity index (χ1) is 8.08. The van der Waals surface area contributed by atoms with Gasteiger partial charge in [-0.3, -0.25) is 4.79 Å². The Morgan fingerprint density at radius 3 is 2.59 bits per heavy atom. The summed E-state index contributed by atoms with van der Waals surface area (Å²) >= 11 is 0. The molecule has 17 heavy (non-hydrogen) atoms. The second kappa shape index (κ2) is 4.53. The molecule has 1 aliphatic carbocycles. The lowest BCUT2D eigenvalue weighted by molar-refractivity contribution is 0.0894. The summed E-state index contributed by atoms with van der Waals surface area (Å²) < 4.78 is 1.91. The number of hydrogen-bond acceptors (Lipinski definition) is 2. The minimum absolute atomic E-state index is 0.00653. The molecule has 0 unspecified atom stereocenters. The molecular weight excluding hydrogens is 214 g/mol. The average molecular weight is 235 g/mol. The Hall–Kier alpha value is -1.29. The topological polar surface area (TPSA) is 60.1 Å². The molecule has 1 amide bonds. The third-order valence-corrected chi connectivity index (χ3v) is 3.94. The van der Waals surface area contributed by atoms with Crippen molar-refractivity contribution < 1.29 is 4.79 Å². The molecule has 3 N–H and O–H groups in total. The number of rotatable bonds is 3. The monoisotopic (exact) mass is 235 g/mol. The molecule has 4 nitrogen and oxygen atoms in total. The van der Waals surface area contributed by atoms with E-state index in [2.05, 4.69) is 5.32 Å². The van der Waals surface area contributed by atoms with Gasteiger partial charge in [-0.25, -0.2) is 0 Å². The number of nitrogens with zero attached hydrogens (tertiary/aromatic N) is 1. The minimum atomic E-state index is -0.171. The molecule has 1 heterocycles. The fraction of sp³-hybridized carbons (Fsp3) is 0.615. The van der Waals surface area contributed by atoms with Crippen molar-refractivity contribution in [2.24, 2.45) is 12.8 Å².